The zero-order chi connectivity index (χ0) is 22.8. The number of rotatable bonds is 6. The number of carbonyl (C=O) groups is 1. The Balaban J connectivity index is 1.35. The van der Waals surface area contributed by atoms with Crippen molar-refractivity contribution in [1.29, 1.82) is 0 Å². The van der Waals surface area contributed by atoms with Gasteiger partial charge in [0.1, 0.15) is 0 Å². The number of ether oxygens (including phenoxy) is 2. The molecule has 8 heteroatoms. The van der Waals surface area contributed by atoms with Crippen molar-refractivity contribution in [1.82, 2.24) is 14.8 Å². The van der Waals surface area contributed by atoms with E-state index in [2.05, 4.69) is 58.2 Å². The predicted molar refractivity (Wildman–Crippen MR) is 129 cm³/mol. The quantitative estimate of drug-likeness (QED) is 0.488. The van der Waals surface area contributed by atoms with Crippen molar-refractivity contribution >= 4 is 23.4 Å². The van der Waals surface area contributed by atoms with Crippen molar-refractivity contribution in [2.75, 3.05) is 17.9 Å². The Labute approximate surface area is 197 Å². The fourth-order valence-electron chi connectivity index (χ4n) is 4.64. The standard InChI is InChI=1S/C25H28N4O3S/c1-16-6-5-8-18(12-16)24-27-28-25(29(24)20-9-4-3-7-17(20)2)33-14-23(30)26-19-10-11-21-22(13-19)32-15-31-21/h5-6,8,10-13,17,20H,3-4,7,9,14-15H2,1-2H3,(H,26,30). The predicted octanol–water partition coefficient (Wildman–Crippen LogP) is 5.46. The van der Waals surface area contributed by atoms with Crippen LogP contribution < -0.4 is 14.8 Å². The number of aryl methyl sites for hydroxylation is 1. The van der Waals surface area contributed by atoms with E-state index in [-0.39, 0.29) is 18.5 Å². The Morgan fingerprint density at radius 1 is 1.12 bits per heavy atom. The average Bonchev–Trinajstić information content (AvgIpc) is 3.45. The number of aromatic nitrogens is 3. The molecule has 2 aromatic carbocycles. The molecule has 1 aliphatic heterocycles. The lowest BCUT2D eigenvalue weighted by atomic mass is 9.85. The van der Waals surface area contributed by atoms with Crippen LogP contribution >= 0.6 is 11.8 Å². The average molecular weight is 465 g/mol. The number of nitrogens with one attached hydrogen (secondary N) is 1. The van der Waals surface area contributed by atoms with Gasteiger partial charge in [-0.1, -0.05) is 55.3 Å². The minimum Gasteiger partial charge on any atom is -0.454 e. The number of amides is 1. The van der Waals surface area contributed by atoms with Gasteiger partial charge in [0.2, 0.25) is 12.7 Å². The van der Waals surface area contributed by atoms with E-state index >= 15 is 0 Å². The molecule has 0 radical (unpaired) electrons. The van der Waals surface area contributed by atoms with Gasteiger partial charge in [-0.15, -0.1) is 10.2 Å². The van der Waals surface area contributed by atoms with E-state index in [1.165, 1.54) is 36.6 Å². The molecule has 2 unspecified atom stereocenters. The first kappa shape index (κ1) is 21.8. The molecule has 1 N–H and O–H groups in total. The maximum absolute atomic E-state index is 12.7. The number of carbonyl (C=O) groups excluding carboxylic acids is 1. The van der Waals surface area contributed by atoms with Gasteiger partial charge in [0.25, 0.3) is 0 Å². The van der Waals surface area contributed by atoms with Gasteiger partial charge in [-0.2, -0.15) is 0 Å². The Bertz CT molecular complexity index is 1160. The largest absolute Gasteiger partial charge is 0.454 e. The van der Waals surface area contributed by atoms with E-state index in [0.717, 1.165) is 23.0 Å². The van der Waals surface area contributed by atoms with Gasteiger partial charge in [-0.05, 0) is 43.9 Å². The lowest BCUT2D eigenvalue weighted by Crippen LogP contribution is -2.23. The Morgan fingerprint density at radius 3 is 2.82 bits per heavy atom. The van der Waals surface area contributed by atoms with Crippen LogP contribution in [0, 0.1) is 12.8 Å². The number of hydrogen-bond donors (Lipinski definition) is 1. The van der Waals surface area contributed by atoms with E-state index in [9.17, 15) is 4.79 Å². The third-order valence-electron chi connectivity index (χ3n) is 6.33. The molecule has 1 amide bonds. The smallest absolute Gasteiger partial charge is 0.234 e. The van der Waals surface area contributed by atoms with Crippen LogP contribution in [0.25, 0.3) is 11.4 Å². The summed E-state index contributed by atoms with van der Waals surface area (Å²) in [5, 5.41) is 12.8. The molecule has 2 atom stereocenters. The molecule has 0 spiro atoms. The summed E-state index contributed by atoms with van der Waals surface area (Å²) in [6.45, 7) is 4.61. The SMILES string of the molecule is Cc1cccc(-c2nnc(SCC(=O)Nc3ccc4c(c3)OCO4)n2C2CCCCC2C)c1. The van der Waals surface area contributed by atoms with E-state index < -0.39 is 0 Å². The highest BCUT2D eigenvalue weighted by atomic mass is 32.2. The molecule has 172 valence electrons. The molecule has 0 bridgehead atoms. The van der Waals surface area contributed by atoms with E-state index in [1.807, 2.05) is 6.07 Å². The van der Waals surface area contributed by atoms with Crippen LogP contribution in [0.3, 0.4) is 0 Å². The van der Waals surface area contributed by atoms with E-state index in [4.69, 9.17) is 9.47 Å². The summed E-state index contributed by atoms with van der Waals surface area (Å²) in [6.07, 6.45) is 4.77. The van der Waals surface area contributed by atoms with Gasteiger partial charge >= 0.3 is 0 Å². The summed E-state index contributed by atoms with van der Waals surface area (Å²) < 4.78 is 13.0. The summed E-state index contributed by atoms with van der Waals surface area (Å²) in [6, 6.07) is 14.1. The van der Waals surface area contributed by atoms with Gasteiger partial charge in [-0.25, -0.2) is 0 Å². The second-order valence-electron chi connectivity index (χ2n) is 8.78. The molecular weight excluding hydrogens is 436 g/mol. The molecule has 1 aromatic heterocycles. The number of fused-ring (bicyclic) bond motifs is 1. The zero-order valence-electron chi connectivity index (χ0n) is 18.9. The van der Waals surface area contributed by atoms with Crippen molar-refractivity contribution in [3.63, 3.8) is 0 Å². The van der Waals surface area contributed by atoms with Crippen LogP contribution in [0.2, 0.25) is 0 Å². The summed E-state index contributed by atoms with van der Waals surface area (Å²) in [5.74, 6) is 2.93. The monoisotopic (exact) mass is 464 g/mol. The molecule has 7 nitrogen and oxygen atoms in total. The minimum atomic E-state index is -0.0952. The minimum absolute atomic E-state index is 0.0952. The molecular formula is C25H28N4O3S. The topological polar surface area (TPSA) is 78.3 Å². The molecule has 2 aliphatic rings. The van der Waals surface area contributed by atoms with Gasteiger partial charge < -0.3 is 14.8 Å². The van der Waals surface area contributed by atoms with Crippen LogP contribution in [0.5, 0.6) is 11.5 Å². The second kappa shape index (κ2) is 9.47. The molecule has 3 aromatic rings. The fourth-order valence-corrected chi connectivity index (χ4v) is 5.43. The van der Waals surface area contributed by atoms with Crippen LogP contribution in [0.1, 0.15) is 44.2 Å². The van der Waals surface area contributed by atoms with Gasteiger partial charge in [-0.3, -0.25) is 9.36 Å². The summed E-state index contributed by atoms with van der Waals surface area (Å²) in [5.41, 5.74) is 2.95. The summed E-state index contributed by atoms with van der Waals surface area (Å²) in [7, 11) is 0. The molecule has 1 fully saturated rings. The number of nitrogens with zero attached hydrogens (tertiary/aromatic N) is 3. The molecule has 1 aliphatic carbocycles. The molecule has 2 heterocycles. The Hall–Kier alpha value is -3.00. The highest BCUT2D eigenvalue weighted by Crippen LogP contribution is 2.39. The zero-order valence-corrected chi connectivity index (χ0v) is 19.7. The highest BCUT2D eigenvalue weighted by molar-refractivity contribution is 7.99. The maximum Gasteiger partial charge on any atom is 0.234 e. The Morgan fingerprint density at radius 2 is 1.97 bits per heavy atom. The first-order chi connectivity index (χ1) is 16.1. The fraction of sp³-hybridized carbons (Fsp3) is 0.400. The van der Waals surface area contributed by atoms with Crippen molar-refractivity contribution in [2.24, 2.45) is 5.92 Å². The molecule has 1 saturated carbocycles. The highest BCUT2D eigenvalue weighted by Gasteiger charge is 2.29. The van der Waals surface area contributed by atoms with E-state index in [1.54, 1.807) is 12.1 Å². The van der Waals surface area contributed by atoms with Gasteiger partial charge in [0, 0.05) is 23.4 Å². The van der Waals surface area contributed by atoms with Crippen molar-refractivity contribution in [2.45, 2.75) is 50.7 Å². The number of anilines is 1. The summed E-state index contributed by atoms with van der Waals surface area (Å²) >= 11 is 1.44. The molecule has 33 heavy (non-hydrogen) atoms. The number of benzene rings is 2. The van der Waals surface area contributed by atoms with Gasteiger partial charge in [0.05, 0.1) is 5.75 Å². The van der Waals surface area contributed by atoms with Crippen LogP contribution in [-0.2, 0) is 4.79 Å². The van der Waals surface area contributed by atoms with Crippen molar-refractivity contribution in [3.8, 4) is 22.9 Å². The lowest BCUT2D eigenvalue weighted by Gasteiger charge is -2.31. The van der Waals surface area contributed by atoms with Crippen LogP contribution in [-0.4, -0.2) is 33.2 Å². The third kappa shape index (κ3) is 4.71. The first-order valence-electron chi connectivity index (χ1n) is 11.4. The molecule has 0 saturated heterocycles. The van der Waals surface area contributed by atoms with Crippen LogP contribution in [0.4, 0.5) is 5.69 Å². The van der Waals surface area contributed by atoms with Gasteiger partial charge in [0.15, 0.2) is 22.5 Å². The number of hydrogen-bond acceptors (Lipinski definition) is 6. The lowest BCUT2D eigenvalue weighted by molar-refractivity contribution is -0.113. The normalized spacial score (nSPS) is 19.5. The number of thioether (sulfide) groups is 1. The first-order valence-corrected chi connectivity index (χ1v) is 12.4. The Kier molecular flexibility index (Phi) is 6.26. The van der Waals surface area contributed by atoms with Crippen LogP contribution in [0.15, 0.2) is 47.6 Å². The van der Waals surface area contributed by atoms with Crippen molar-refractivity contribution < 1.29 is 14.3 Å². The van der Waals surface area contributed by atoms with Crippen molar-refractivity contribution in [3.05, 3.63) is 48.0 Å². The summed E-state index contributed by atoms with van der Waals surface area (Å²) in [4.78, 5) is 12.7. The third-order valence-corrected chi connectivity index (χ3v) is 7.27. The van der Waals surface area contributed by atoms with E-state index in [0.29, 0.717) is 29.1 Å². The second-order valence-corrected chi connectivity index (χ2v) is 9.72. The maximum atomic E-state index is 12.7. The molecule has 5 rings (SSSR count).